The molecule has 0 aromatic heterocycles. The zero-order chi connectivity index (χ0) is 15.8. The molecule has 1 aromatic carbocycles. The summed E-state index contributed by atoms with van der Waals surface area (Å²) in [6.07, 6.45) is 2.26. The van der Waals surface area contributed by atoms with Gasteiger partial charge in [-0.1, -0.05) is 23.2 Å². The minimum Gasteiger partial charge on any atom is -0.497 e. The standard InChI is InChI=1S/C8H13NO2.C7H6Cl2O/c1-7(10)6-8(11)9-4-2-3-5-9;1-10-5-2-3-6(8)7(9)4-5/h2-6H2,1H3;2-4H,1H3. The maximum atomic E-state index is 11.2. The summed E-state index contributed by atoms with van der Waals surface area (Å²) in [5.74, 6) is 0.673. The van der Waals surface area contributed by atoms with E-state index in [-0.39, 0.29) is 18.1 Å². The maximum Gasteiger partial charge on any atom is 0.230 e. The summed E-state index contributed by atoms with van der Waals surface area (Å²) in [5, 5.41) is 1.06. The van der Waals surface area contributed by atoms with E-state index >= 15 is 0 Å². The quantitative estimate of drug-likeness (QED) is 0.795. The van der Waals surface area contributed by atoms with Crippen LogP contribution in [-0.2, 0) is 9.59 Å². The first kappa shape index (κ1) is 17.8. The number of benzene rings is 1. The molecule has 1 aromatic rings. The van der Waals surface area contributed by atoms with Crippen LogP contribution in [0, 0.1) is 0 Å². The third-order valence-electron chi connectivity index (χ3n) is 2.99. The second-order valence-corrected chi connectivity index (χ2v) is 5.56. The molecule has 0 bridgehead atoms. The second kappa shape index (κ2) is 8.90. The van der Waals surface area contributed by atoms with Crippen LogP contribution < -0.4 is 4.74 Å². The minimum atomic E-state index is -0.0399. The summed E-state index contributed by atoms with van der Waals surface area (Å²) in [5.41, 5.74) is 0. The lowest BCUT2D eigenvalue weighted by atomic mass is 10.3. The number of rotatable bonds is 3. The summed E-state index contributed by atoms with van der Waals surface area (Å²) in [6, 6.07) is 5.13. The zero-order valence-corrected chi connectivity index (χ0v) is 13.7. The van der Waals surface area contributed by atoms with Crippen LogP contribution in [0.2, 0.25) is 10.0 Å². The van der Waals surface area contributed by atoms with Crippen molar-refractivity contribution in [3.05, 3.63) is 28.2 Å². The Morgan fingerprint density at radius 1 is 1.19 bits per heavy atom. The largest absolute Gasteiger partial charge is 0.497 e. The van der Waals surface area contributed by atoms with Crippen molar-refractivity contribution < 1.29 is 14.3 Å². The van der Waals surface area contributed by atoms with E-state index in [1.807, 2.05) is 0 Å². The number of likely N-dealkylation sites (tertiary alicyclic amines) is 1. The number of methoxy groups -OCH3 is 1. The van der Waals surface area contributed by atoms with Crippen LogP contribution in [0.25, 0.3) is 0 Å². The molecule has 21 heavy (non-hydrogen) atoms. The van der Waals surface area contributed by atoms with Crippen LogP contribution in [0.1, 0.15) is 26.2 Å². The molecule has 0 N–H and O–H groups in total. The van der Waals surface area contributed by atoms with Crippen molar-refractivity contribution in [2.24, 2.45) is 0 Å². The molecule has 1 fully saturated rings. The van der Waals surface area contributed by atoms with Gasteiger partial charge in [-0.3, -0.25) is 9.59 Å². The van der Waals surface area contributed by atoms with Crippen molar-refractivity contribution in [2.75, 3.05) is 20.2 Å². The van der Waals surface area contributed by atoms with Crippen molar-refractivity contribution in [2.45, 2.75) is 26.2 Å². The van der Waals surface area contributed by atoms with Crippen LogP contribution in [0.5, 0.6) is 5.75 Å². The van der Waals surface area contributed by atoms with E-state index in [1.54, 1.807) is 30.2 Å². The monoisotopic (exact) mass is 331 g/mol. The van der Waals surface area contributed by atoms with Crippen molar-refractivity contribution in [1.82, 2.24) is 4.90 Å². The van der Waals surface area contributed by atoms with Crippen LogP contribution in [0.3, 0.4) is 0 Å². The lowest BCUT2D eigenvalue weighted by Gasteiger charge is -2.13. The van der Waals surface area contributed by atoms with E-state index in [4.69, 9.17) is 27.9 Å². The van der Waals surface area contributed by atoms with E-state index in [9.17, 15) is 9.59 Å². The SMILES string of the molecule is CC(=O)CC(=O)N1CCCC1.COc1ccc(Cl)c(Cl)c1. The average molecular weight is 332 g/mol. The Balaban J connectivity index is 0.000000211. The average Bonchev–Trinajstić information content (AvgIpc) is 2.96. The summed E-state index contributed by atoms with van der Waals surface area (Å²) < 4.78 is 4.91. The Labute approximate surface area is 135 Å². The molecule has 0 atom stereocenters. The van der Waals surface area contributed by atoms with Gasteiger partial charge >= 0.3 is 0 Å². The fourth-order valence-electron chi connectivity index (χ4n) is 1.90. The predicted octanol–water partition coefficient (Wildman–Crippen LogP) is 3.59. The summed E-state index contributed by atoms with van der Waals surface area (Å²) in [4.78, 5) is 23.5. The number of nitrogens with zero attached hydrogens (tertiary/aromatic N) is 1. The molecular weight excluding hydrogens is 313 g/mol. The van der Waals surface area contributed by atoms with Gasteiger partial charge in [0.2, 0.25) is 5.91 Å². The van der Waals surface area contributed by atoms with Gasteiger partial charge in [-0.15, -0.1) is 0 Å². The number of hydrogen-bond acceptors (Lipinski definition) is 3. The van der Waals surface area contributed by atoms with Gasteiger partial charge in [0.1, 0.15) is 11.5 Å². The molecule has 1 aliphatic rings. The number of ketones is 1. The predicted molar refractivity (Wildman–Crippen MR) is 84.1 cm³/mol. The number of amides is 1. The summed E-state index contributed by atoms with van der Waals surface area (Å²) >= 11 is 11.3. The molecule has 0 radical (unpaired) electrons. The molecule has 4 nitrogen and oxygen atoms in total. The number of Topliss-reactive ketones (excluding diaryl/α,β-unsaturated/α-hetero) is 1. The molecule has 1 amide bonds. The molecule has 0 aliphatic carbocycles. The molecule has 0 spiro atoms. The number of halogens is 2. The van der Waals surface area contributed by atoms with E-state index in [1.165, 1.54) is 6.92 Å². The molecule has 6 heteroatoms. The Morgan fingerprint density at radius 2 is 1.81 bits per heavy atom. The van der Waals surface area contributed by atoms with E-state index < -0.39 is 0 Å². The first-order valence-corrected chi connectivity index (χ1v) is 7.46. The van der Waals surface area contributed by atoms with Crippen molar-refractivity contribution in [3.63, 3.8) is 0 Å². The molecule has 116 valence electrons. The van der Waals surface area contributed by atoms with Crippen LogP contribution >= 0.6 is 23.2 Å². The lowest BCUT2D eigenvalue weighted by molar-refractivity contribution is -0.133. The zero-order valence-electron chi connectivity index (χ0n) is 12.2. The fraction of sp³-hybridized carbons (Fsp3) is 0.467. The molecule has 0 unspecified atom stereocenters. The maximum absolute atomic E-state index is 11.2. The Morgan fingerprint density at radius 3 is 2.29 bits per heavy atom. The van der Waals surface area contributed by atoms with Crippen molar-refractivity contribution >= 4 is 34.9 Å². The summed E-state index contributed by atoms with van der Waals surface area (Å²) in [7, 11) is 1.58. The van der Waals surface area contributed by atoms with E-state index in [0.29, 0.717) is 10.0 Å². The number of carbonyl (C=O) groups is 2. The van der Waals surface area contributed by atoms with Gasteiger partial charge in [0.15, 0.2) is 0 Å². The Hall–Kier alpha value is -1.26. The van der Waals surface area contributed by atoms with Gasteiger partial charge in [0, 0.05) is 19.2 Å². The molecule has 1 saturated heterocycles. The van der Waals surface area contributed by atoms with Gasteiger partial charge in [-0.2, -0.15) is 0 Å². The third-order valence-corrected chi connectivity index (χ3v) is 3.72. The minimum absolute atomic E-state index is 0.00463. The highest BCUT2D eigenvalue weighted by Crippen LogP contribution is 2.25. The van der Waals surface area contributed by atoms with Gasteiger partial charge in [0.25, 0.3) is 0 Å². The fourth-order valence-corrected chi connectivity index (χ4v) is 2.18. The topological polar surface area (TPSA) is 46.6 Å². The Bertz CT molecular complexity index is 500. The second-order valence-electron chi connectivity index (χ2n) is 4.75. The first-order valence-electron chi connectivity index (χ1n) is 6.70. The Kier molecular flexibility index (Phi) is 7.54. The molecular formula is C15H19Cl2NO3. The van der Waals surface area contributed by atoms with Gasteiger partial charge in [-0.25, -0.2) is 0 Å². The highest BCUT2D eigenvalue weighted by molar-refractivity contribution is 6.42. The molecule has 1 aliphatic heterocycles. The van der Waals surface area contributed by atoms with E-state index in [2.05, 4.69) is 0 Å². The third kappa shape index (κ3) is 6.36. The highest BCUT2D eigenvalue weighted by atomic mass is 35.5. The van der Waals surface area contributed by atoms with Gasteiger partial charge < -0.3 is 9.64 Å². The van der Waals surface area contributed by atoms with Gasteiger partial charge in [-0.05, 0) is 31.9 Å². The summed E-state index contributed by atoms with van der Waals surface area (Å²) in [6.45, 7) is 3.13. The van der Waals surface area contributed by atoms with E-state index in [0.717, 1.165) is 31.7 Å². The first-order chi connectivity index (χ1) is 9.93. The molecule has 0 saturated carbocycles. The number of ether oxygens (including phenoxy) is 1. The molecule has 1 heterocycles. The van der Waals surface area contributed by atoms with Gasteiger partial charge in [0.05, 0.1) is 23.6 Å². The number of hydrogen-bond donors (Lipinski definition) is 0. The molecule has 2 rings (SSSR count). The normalized spacial score (nSPS) is 13.4. The number of carbonyl (C=O) groups excluding carboxylic acids is 2. The lowest BCUT2D eigenvalue weighted by Crippen LogP contribution is -2.28. The van der Waals surface area contributed by atoms with Crippen LogP contribution in [0.15, 0.2) is 18.2 Å². The highest BCUT2D eigenvalue weighted by Gasteiger charge is 2.18. The van der Waals surface area contributed by atoms with Crippen molar-refractivity contribution in [1.29, 1.82) is 0 Å². The van der Waals surface area contributed by atoms with Crippen LogP contribution in [-0.4, -0.2) is 36.8 Å². The van der Waals surface area contributed by atoms with Crippen molar-refractivity contribution in [3.8, 4) is 5.75 Å². The van der Waals surface area contributed by atoms with Crippen LogP contribution in [0.4, 0.5) is 0 Å². The smallest absolute Gasteiger partial charge is 0.230 e.